The third-order valence-corrected chi connectivity index (χ3v) is 5.91. The van der Waals surface area contributed by atoms with E-state index in [4.69, 9.17) is 16.3 Å². The van der Waals surface area contributed by atoms with Crippen LogP contribution in [0.5, 0.6) is 11.6 Å². The van der Waals surface area contributed by atoms with Gasteiger partial charge < -0.3 is 10.1 Å². The number of rotatable bonds is 6. The van der Waals surface area contributed by atoms with Crippen molar-refractivity contribution in [3.8, 4) is 11.6 Å². The predicted molar refractivity (Wildman–Crippen MR) is 118 cm³/mol. The number of anilines is 1. The second-order valence-corrected chi connectivity index (χ2v) is 8.37. The molecule has 1 aromatic carbocycles. The number of nitrogens with zero attached hydrogens (tertiary/aromatic N) is 3. The summed E-state index contributed by atoms with van der Waals surface area (Å²) in [7, 11) is 0. The molecule has 0 amide bonds. The van der Waals surface area contributed by atoms with Crippen LogP contribution < -0.4 is 10.1 Å². The quantitative estimate of drug-likeness (QED) is 0.357. The molecule has 0 saturated carbocycles. The fourth-order valence-electron chi connectivity index (χ4n) is 2.77. The highest BCUT2D eigenvalue weighted by Gasteiger charge is 2.09. The first kappa shape index (κ1) is 19.1. The molecule has 0 saturated heterocycles. The summed E-state index contributed by atoms with van der Waals surface area (Å²) in [6.07, 6.45) is 4.14. The maximum atomic E-state index is 6.25. The van der Waals surface area contributed by atoms with E-state index in [1.165, 1.54) is 16.9 Å². The average Bonchev–Trinajstić information content (AvgIpc) is 3.07. The average molecular weight is 476 g/mol. The third-order valence-electron chi connectivity index (χ3n) is 4.17. The smallest absolute Gasteiger partial charge is 0.222 e. The standard InChI is InChI=1S/C20H16BrClN4OS/c1-12-8-14(21)9-24-19(12)27-15-4-2-13(3-5-15)6-7-23-18-17-16(22)10-28-20(17)26-11-25-18/h2-5,8-11H,6-7H2,1H3,(H,23,25,26). The normalized spacial score (nSPS) is 11.0. The summed E-state index contributed by atoms with van der Waals surface area (Å²) < 4.78 is 6.80. The second-order valence-electron chi connectivity index (χ2n) is 6.18. The van der Waals surface area contributed by atoms with E-state index < -0.39 is 0 Å². The van der Waals surface area contributed by atoms with E-state index in [-0.39, 0.29) is 0 Å². The van der Waals surface area contributed by atoms with Gasteiger partial charge in [0.15, 0.2) is 0 Å². The highest BCUT2D eigenvalue weighted by molar-refractivity contribution is 9.10. The van der Waals surface area contributed by atoms with Crippen LogP contribution in [0.3, 0.4) is 0 Å². The minimum Gasteiger partial charge on any atom is -0.439 e. The zero-order valence-electron chi connectivity index (χ0n) is 14.9. The monoisotopic (exact) mass is 474 g/mol. The van der Waals surface area contributed by atoms with Crippen LogP contribution in [0, 0.1) is 6.92 Å². The molecule has 0 bridgehead atoms. The molecule has 8 heteroatoms. The summed E-state index contributed by atoms with van der Waals surface area (Å²) in [4.78, 5) is 13.8. The van der Waals surface area contributed by atoms with Crippen molar-refractivity contribution < 1.29 is 4.74 Å². The molecule has 0 atom stereocenters. The van der Waals surface area contributed by atoms with Gasteiger partial charge in [-0.1, -0.05) is 23.7 Å². The van der Waals surface area contributed by atoms with E-state index in [2.05, 4.69) is 48.3 Å². The van der Waals surface area contributed by atoms with Crippen molar-refractivity contribution in [2.24, 2.45) is 0 Å². The van der Waals surface area contributed by atoms with Crippen molar-refractivity contribution >= 4 is 54.9 Å². The molecule has 3 aromatic heterocycles. The molecule has 0 unspecified atom stereocenters. The number of hydrogen-bond donors (Lipinski definition) is 1. The molecule has 0 spiro atoms. The fourth-order valence-corrected chi connectivity index (χ4v) is 4.35. The largest absolute Gasteiger partial charge is 0.439 e. The van der Waals surface area contributed by atoms with Gasteiger partial charge in [-0.25, -0.2) is 15.0 Å². The number of hydrogen-bond acceptors (Lipinski definition) is 6. The lowest BCUT2D eigenvalue weighted by atomic mass is 10.1. The molecule has 5 nitrogen and oxygen atoms in total. The maximum Gasteiger partial charge on any atom is 0.222 e. The van der Waals surface area contributed by atoms with Crippen LogP contribution in [-0.4, -0.2) is 21.5 Å². The molecular formula is C20H16BrClN4OS. The number of aryl methyl sites for hydroxylation is 1. The van der Waals surface area contributed by atoms with Crippen molar-refractivity contribution in [1.82, 2.24) is 15.0 Å². The van der Waals surface area contributed by atoms with Crippen molar-refractivity contribution in [2.75, 3.05) is 11.9 Å². The molecule has 142 valence electrons. The van der Waals surface area contributed by atoms with E-state index in [1.54, 1.807) is 12.5 Å². The van der Waals surface area contributed by atoms with Crippen molar-refractivity contribution in [3.05, 3.63) is 68.9 Å². The Balaban J connectivity index is 1.37. The Morgan fingerprint density at radius 2 is 2.00 bits per heavy atom. The van der Waals surface area contributed by atoms with Crippen molar-refractivity contribution in [2.45, 2.75) is 13.3 Å². The zero-order valence-corrected chi connectivity index (χ0v) is 18.1. The van der Waals surface area contributed by atoms with E-state index >= 15 is 0 Å². The van der Waals surface area contributed by atoms with Gasteiger partial charge in [0.05, 0.1) is 10.4 Å². The first-order valence-electron chi connectivity index (χ1n) is 8.60. The topological polar surface area (TPSA) is 59.9 Å². The molecule has 0 radical (unpaired) electrons. The van der Waals surface area contributed by atoms with Gasteiger partial charge >= 0.3 is 0 Å². The highest BCUT2D eigenvalue weighted by Crippen LogP contribution is 2.32. The summed E-state index contributed by atoms with van der Waals surface area (Å²) in [6, 6.07) is 10.00. The molecule has 28 heavy (non-hydrogen) atoms. The van der Waals surface area contributed by atoms with Gasteiger partial charge in [-0.3, -0.25) is 0 Å². The van der Waals surface area contributed by atoms with Gasteiger partial charge in [-0.05, 0) is 53.0 Å². The number of halogens is 2. The lowest BCUT2D eigenvalue weighted by Crippen LogP contribution is -2.06. The number of nitrogens with one attached hydrogen (secondary N) is 1. The third kappa shape index (κ3) is 4.27. The van der Waals surface area contributed by atoms with Crippen molar-refractivity contribution in [3.63, 3.8) is 0 Å². The van der Waals surface area contributed by atoms with Gasteiger partial charge in [0, 0.05) is 28.2 Å². The Kier molecular flexibility index (Phi) is 5.75. The summed E-state index contributed by atoms with van der Waals surface area (Å²) in [5, 5.41) is 6.80. The van der Waals surface area contributed by atoms with Crippen LogP contribution in [0.25, 0.3) is 10.2 Å². The SMILES string of the molecule is Cc1cc(Br)cnc1Oc1ccc(CCNc2ncnc3scc(Cl)c23)cc1. The van der Waals surface area contributed by atoms with Crippen LogP contribution in [0.4, 0.5) is 5.82 Å². The lowest BCUT2D eigenvalue weighted by Gasteiger charge is -2.09. The first-order valence-corrected chi connectivity index (χ1v) is 10.7. The predicted octanol–water partition coefficient (Wildman–Crippen LogP) is 6.26. The minimum absolute atomic E-state index is 0.609. The van der Waals surface area contributed by atoms with E-state index in [0.29, 0.717) is 10.9 Å². The Morgan fingerprint density at radius 1 is 1.18 bits per heavy atom. The molecule has 1 N–H and O–H groups in total. The number of ether oxygens (including phenoxy) is 1. The Labute approximate surface area is 179 Å². The van der Waals surface area contributed by atoms with Gasteiger partial charge in [-0.2, -0.15) is 0 Å². The fraction of sp³-hybridized carbons (Fsp3) is 0.150. The minimum atomic E-state index is 0.609. The van der Waals surface area contributed by atoms with Crippen molar-refractivity contribution in [1.29, 1.82) is 0 Å². The van der Waals surface area contributed by atoms with Crippen LogP contribution in [0.1, 0.15) is 11.1 Å². The molecule has 4 aromatic rings. The summed E-state index contributed by atoms with van der Waals surface area (Å²) in [6.45, 7) is 2.71. The highest BCUT2D eigenvalue weighted by atomic mass is 79.9. The number of fused-ring (bicyclic) bond motifs is 1. The van der Waals surface area contributed by atoms with Crippen LogP contribution in [-0.2, 0) is 6.42 Å². The number of benzene rings is 1. The molecule has 0 aliphatic heterocycles. The first-order chi connectivity index (χ1) is 13.6. The van der Waals surface area contributed by atoms with E-state index in [0.717, 1.165) is 44.8 Å². The molecule has 0 aliphatic carbocycles. The summed E-state index contributed by atoms with van der Waals surface area (Å²) >= 11 is 11.2. The van der Waals surface area contributed by atoms with E-state index in [1.807, 2.05) is 30.5 Å². The van der Waals surface area contributed by atoms with Gasteiger partial charge in [0.1, 0.15) is 22.7 Å². The van der Waals surface area contributed by atoms with Crippen LogP contribution in [0.15, 0.2) is 52.7 Å². The van der Waals surface area contributed by atoms with Crippen LogP contribution >= 0.6 is 38.9 Å². The Hall–Kier alpha value is -2.22. The number of thiophene rings is 1. The van der Waals surface area contributed by atoms with Gasteiger partial charge in [-0.15, -0.1) is 11.3 Å². The Morgan fingerprint density at radius 3 is 2.79 bits per heavy atom. The summed E-state index contributed by atoms with van der Waals surface area (Å²) in [5.74, 6) is 2.14. The lowest BCUT2D eigenvalue weighted by molar-refractivity contribution is 0.458. The number of aromatic nitrogens is 3. The van der Waals surface area contributed by atoms with Gasteiger partial charge in [0.2, 0.25) is 5.88 Å². The Bertz CT molecular complexity index is 1120. The van der Waals surface area contributed by atoms with Gasteiger partial charge in [0.25, 0.3) is 0 Å². The molecule has 4 rings (SSSR count). The molecule has 0 aliphatic rings. The number of pyridine rings is 1. The second kappa shape index (κ2) is 8.43. The summed E-state index contributed by atoms with van der Waals surface area (Å²) in [5.41, 5.74) is 2.17. The van der Waals surface area contributed by atoms with Crippen LogP contribution in [0.2, 0.25) is 5.02 Å². The maximum absolute atomic E-state index is 6.25. The zero-order chi connectivity index (χ0) is 19.5. The molecule has 3 heterocycles. The molecule has 0 fully saturated rings. The molecular weight excluding hydrogens is 460 g/mol. The van der Waals surface area contributed by atoms with E-state index in [9.17, 15) is 0 Å².